The molecule has 0 saturated carbocycles. The minimum atomic E-state index is -3.21. The third-order valence-corrected chi connectivity index (χ3v) is 5.75. The third kappa shape index (κ3) is 3.92. The van der Waals surface area contributed by atoms with Gasteiger partial charge in [0.1, 0.15) is 5.82 Å². The highest BCUT2D eigenvalue weighted by molar-refractivity contribution is 7.90. The molecule has 0 saturated heterocycles. The number of benzene rings is 2. The van der Waals surface area contributed by atoms with E-state index in [1.54, 1.807) is 24.4 Å². The first-order valence-corrected chi connectivity index (χ1v) is 10.2. The second-order valence-corrected chi connectivity index (χ2v) is 8.59. The minimum Gasteiger partial charge on any atom is -0.295 e. The Morgan fingerprint density at radius 1 is 1.15 bits per heavy atom. The van der Waals surface area contributed by atoms with E-state index in [-0.39, 0.29) is 11.9 Å². The van der Waals surface area contributed by atoms with Crippen molar-refractivity contribution >= 4 is 20.7 Å². The monoisotopic (exact) mass is 372 g/mol. The van der Waals surface area contributed by atoms with Crippen molar-refractivity contribution in [2.75, 3.05) is 13.3 Å². The smallest absolute Gasteiger partial charge is 0.175 e. The highest BCUT2D eigenvalue weighted by Crippen LogP contribution is 2.25. The van der Waals surface area contributed by atoms with E-state index < -0.39 is 9.84 Å². The maximum Gasteiger partial charge on any atom is 0.175 e. The van der Waals surface area contributed by atoms with Crippen LogP contribution in [0.3, 0.4) is 0 Å². The Bertz CT molecular complexity index is 1030. The Morgan fingerprint density at radius 2 is 1.85 bits per heavy atom. The lowest BCUT2D eigenvalue weighted by Gasteiger charge is -2.25. The van der Waals surface area contributed by atoms with Crippen molar-refractivity contribution in [1.29, 1.82) is 0 Å². The fourth-order valence-electron chi connectivity index (χ4n) is 3.00. The van der Waals surface area contributed by atoms with Gasteiger partial charge in [-0.05, 0) is 55.4 Å². The first-order valence-electron chi connectivity index (χ1n) is 8.29. The second kappa shape index (κ2) is 7.13. The van der Waals surface area contributed by atoms with Crippen LogP contribution >= 0.6 is 0 Å². The maximum atomic E-state index is 13.9. The third-order valence-electron chi connectivity index (χ3n) is 4.62. The summed E-state index contributed by atoms with van der Waals surface area (Å²) in [6.45, 7) is 2.56. The summed E-state index contributed by atoms with van der Waals surface area (Å²) in [5.74, 6) is -0.279. The van der Waals surface area contributed by atoms with Crippen LogP contribution in [0.4, 0.5) is 4.39 Å². The second-order valence-electron chi connectivity index (χ2n) is 6.57. The molecule has 0 N–H and O–H groups in total. The van der Waals surface area contributed by atoms with Gasteiger partial charge in [0.05, 0.1) is 10.4 Å². The molecule has 0 spiro atoms. The summed E-state index contributed by atoms with van der Waals surface area (Å²) in [5.41, 5.74) is 2.61. The van der Waals surface area contributed by atoms with E-state index in [4.69, 9.17) is 0 Å². The van der Waals surface area contributed by atoms with Gasteiger partial charge in [0.25, 0.3) is 0 Å². The predicted molar refractivity (Wildman–Crippen MR) is 101 cm³/mol. The van der Waals surface area contributed by atoms with Crippen LogP contribution in [0.5, 0.6) is 0 Å². The molecular weight excluding hydrogens is 351 g/mol. The van der Waals surface area contributed by atoms with Crippen molar-refractivity contribution in [3.8, 4) is 0 Å². The average Bonchev–Trinajstić information content (AvgIpc) is 2.60. The van der Waals surface area contributed by atoms with Gasteiger partial charge in [-0.25, -0.2) is 12.8 Å². The fraction of sp³-hybridized carbons (Fsp3) is 0.250. The highest BCUT2D eigenvalue weighted by Gasteiger charge is 2.16. The Kier molecular flexibility index (Phi) is 5.07. The minimum absolute atomic E-state index is 0.0330. The van der Waals surface area contributed by atoms with Crippen molar-refractivity contribution in [2.24, 2.45) is 0 Å². The molecule has 26 heavy (non-hydrogen) atoms. The lowest BCUT2D eigenvalue weighted by molar-refractivity contribution is 0.253. The van der Waals surface area contributed by atoms with E-state index in [0.717, 1.165) is 22.0 Å². The van der Waals surface area contributed by atoms with Gasteiger partial charge in [-0.2, -0.15) is 0 Å². The van der Waals surface area contributed by atoms with E-state index >= 15 is 0 Å². The van der Waals surface area contributed by atoms with Crippen LogP contribution in [0.15, 0.2) is 59.6 Å². The van der Waals surface area contributed by atoms with Crippen LogP contribution in [0.25, 0.3) is 10.9 Å². The van der Waals surface area contributed by atoms with Gasteiger partial charge in [-0.3, -0.25) is 9.88 Å². The molecule has 0 aliphatic carbocycles. The molecule has 136 valence electrons. The van der Waals surface area contributed by atoms with Gasteiger partial charge in [0.2, 0.25) is 0 Å². The van der Waals surface area contributed by atoms with Gasteiger partial charge in [0, 0.05) is 30.4 Å². The molecule has 3 aromatic rings. The number of nitrogens with zero attached hydrogens (tertiary/aromatic N) is 2. The number of hydrogen-bond acceptors (Lipinski definition) is 4. The standard InChI is InChI=1S/C20H21FN2O2S/c1-14(15-6-8-19(9-7-15)26(3,24)25)23(2)13-17-12-18(21)11-16-5-4-10-22-20(16)17/h4-12,14H,13H2,1-3H3. The van der Waals surface area contributed by atoms with E-state index in [0.29, 0.717) is 11.4 Å². The van der Waals surface area contributed by atoms with Crippen molar-refractivity contribution in [3.63, 3.8) is 0 Å². The number of halogens is 1. The van der Waals surface area contributed by atoms with Crippen LogP contribution in [0.2, 0.25) is 0 Å². The van der Waals surface area contributed by atoms with E-state index in [9.17, 15) is 12.8 Å². The lowest BCUT2D eigenvalue weighted by atomic mass is 10.1. The number of hydrogen-bond donors (Lipinski definition) is 0. The average molecular weight is 372 g/mol. The summed E-state index contributed by atoms with van der Waals surface area (Å²) in [6, 6.07) is 13.6. The van der Waals surface area contributed by atoms with Crippen LogP contribution in [0.1, 0.15) is 24.1 Å². The molecule has 4 nitrogen and oxygen atoms in total. The molecule has 1 heterocycles. The highest BCUT2D eigenvalue weighted by atomic mass is 32.2. The molecule has 1 atom stereocenters. The molecule has 1 aromatic heterocycles. The number of sulfone groups is 1. The first kappa shape index (κ1) is 18.5. The molecule has 2 aromatic carbocycles. The Hall–Kier alpha value is -2.31. The number of fused-ring (bicyclic) bond motifs is 1. The van der Waals surface area contributed by atoms with Gasteiger partial charge in [0.15, 0.2) is 9.84 Å². The van der Waals surface area contributed by atoms with Crippen molar-refractivity contribution in [2.45, 2.75) is 24.4 Å². The van der Waals surface area contributed by atoms with Crippen LogP contribution < -0.4 is 0 Å². The van der Waals surface area contributed by atoms with Gasteiger partial charge < -0.3 is 0 Å². The number of rotatable bonds is 5. The molecule has 0 amide bonds. The largest absolute Gasteiger partial charge is 0.295 e. The summed E-state index contributed by atoms with van der Waals surface area (Å²) >= 11 is 0. The van der Waals surface area contributed by atoms with E-state index in [1.807, 2.05) is 32.2 Å². The molecule has 6 heteroatoms. The van der Waals surface area contributed by atoms with Crippen LogP contribution in [-0.4, -0.2) is 31.6 Å². The predicted octanol–water partition coefficient (Wildman–Crippen LogP) is 3.97. The van der Waals surface area contributed by atoms with Gasteiger partial charge in [-0.15, -0.1) is 0 Å². The molecule has 0 aliphatic heterocycles. The zero-order valence-electron chi connectivity index (χ0n) is 15.0. The summed E-state index contributed by atoms with van der Waals surface area (Å²) in [7, 11) is -1.25. The van der Waals surface area contributed by atoms with E-state index in [1.165, 1.54) is 18.4 Å². The first-order chi connectivity index (χ1) is 12.3. The normalized spacial score (nSPS) is 13.3. The van der Waals surface area contributed by atoms with Crippen LogP contribution in [0, 0.1) is 5.82 Å². The summed E-state index contributed by atoms with van der Waals surface area (Å²) in [4.78, 5) is 6.77. The zero-order valence-corrected chi connectivity index (χ0v) is 15.8. The molecule has 1 unspecified atom stereocenters. The molecule has 0 radical (unpaired) electrons. The summed E-state index contributed by atoms with van der Waals surface area (Å²) < 4.78 is 37.1. The molecular formula is C20H21FN2O2S. The Morgan fingerprint density at radius 3 is 2.50 bits per heavy atom. The summed E-state index contributed by atoms with van der Waals surface area (Å²) in [5, 5.41) is 0.779. The Labute approximate surface area is 153 Å². The van der Waals surface area contributed by atoms with Crippen molar-refractivity contribution in [3.05, 3.63) is 71.7 Å². The topological polar surface area (TPSA) is 50.3 Å². The molecule has 0 aliphatic rings. The SMILES string of the molecule is CC(c1ccc(S(C)(=O)=O)cc1)N(C)Cc1cc(F)cc2cccnc12. The molecule has 0 bridgehead atoms. The van der Waals surface area contributed by atoms with Crippen molar-refractivity contribution in [1.82, 2.24) is 9.88 Å². The quantitative estimate of drug-likeness (QED) is 0.680. The summed E-state index contributed by atoms with van der Waals surface area (Å²) in [6.07, 6.45) is 2.90. The number of aromatic nitrogens is 1. The molecule has 3 rings (SSSR count). The number of pyridine rings is 1. The van der Waals surface area contributed by atoms with Gasteiger partial charge >= 0.3 is 0 Å². The van der Waals surface area contributed by atoms with Crippen molar-refractivity contribution < 1.29 is 12.8 Å². The maximum absolute atomic E-state index is 13.9. The zero-order chi connectivity index (χ0) is 18.9. The molecule has 0 fully saturated rings. The van der Waals surface area contributed by atoms with Gasteiger partial charge in [-0.1, -0.05) is 18.2 Å². The van der Waals surface area contributed by atoms with Crippen LogP contribution in [-0.2, 0) is 16.4 Å². The fourth-order valence-corrected chi connectivity index (χ4v) is 3.63. The Balaban J connectivity index is 1.85. The lowest BCUT2D eigenvalue weighted by Crippen LogP contribution is -2.22. The van der Waals surface area contributed by atoms with E-state index in [2.05, 4.69) is 9.88 Å².